The molecule has 0 aliphatic rings. The largest absolute Gasteiger partial charge is 0.265 e. The summed E-state index contributed by atoms with van der Waals surface area (Å²) in [7, 11) is 0. The van der Waals surface area contributed by atoms with Gasteiger partial charge in [0.25, 0.3) is 6.71 Å². The second-order valence-corrected chi connectivity index (χ2v) is 19.3. The number of hydrogen-bond acceptors (Lipinski definition) is 1. The van der Waals surface area contributed by atoms with E-state index in [2.05, 4.69) is 118 Å². The van der Waals surface area contributed by atoms with Crippen molar-refractivity contribution in [2.45, 2.75) is 79.1 Å². The average molecular weight is 1070 g/mol. The molecule has 2 radical (unpaired) electrons. The molecule has 0 aromatic heterocycles. The summed E-state index contributed by atoms with van der Waals surface area (Å²) in [5.41, 5.74) is 12.0. The summed E-state index contributed by atoms with van der Waals surface area (Å²) in [5.74, 6) is -43.6. The molecule has 0 spiro atoms. The molecule has 0 amide bonds. The van der Waals surface area contributed by atoms with E-state index in [1.165, 1.54) is 48.1 Å². The normalized spacial score (nSPS) is 11.5. The number of benzene rings is 6. The molecule has 0 unspecified atom stereocenters. The van der Waals surface area contributed by atoms with Crippen LogP contribution < -0.4 is 20.0 Å². The van der Waals surface area contributed by atoms with Gasteiger partial charge in [-0.05, 0) is 0 Å². The Labute approximate surface area is 391 Å². The Hall–Kier alpha value is -5.56. The molecule has 0 heterocycles. The van der Waals surface area contributed by atoms with Gasteiger partial charge >= 0.3 is 217 Å². The molecule has 0 N–H and O–H groups in total. The van der Waals surface area contributed by atoms with E-state index in [4.69, 9.17) is 0 Å². The van der Waals surface area contributed by atoms with Crippen LogP contribution in [0.5, 0.6) is 0 Å². The van der Waals surface area contributed by atoms with Crippen LogP contribution in [-0.4, -0.2) is 28.1 Å². The van der Waals surface area contributed by atoms with Crippen LogP contribution in [0, 0.1) is 87.3 Å². The Kier molecular flexibility index (Phi) is 16.8. The minimum Gasteiger partial charge on any atom is -0.204 e. The van der Waals surface area contributed by atoms with E-state index in [-0.39, 0.29) is 0 Å². The molecular formula is C48H37BF15N3Sn. The third-order valence-electron chi connectivity index (χ3n) is 11.2. The fourth-order valence-corrected chi connectivity index (χ4v) is 10.2. The van der Waals surface area contributed by atoms with Gasteiger partial charge in [0.05, 0.1) is 0 Å². The van der Waals surface area contributed by atoms with Gasteiger partial charge in [0.15, 0.2) is 87.3 Å². The number of azide groups is 1. The van der Waals surface area contributed by atoms with Gasteiger partial charge in [-0.25, -0.2) is 65.9 Å². The maximum atomic E-state index is 14.4. The van der Waals surface area contributed by atoms with Gasteiger partial charge in [0.2, 0.25) is 0 Å². The van der Waals surface area contributed by atoms with Crippen molar-refractivity contribution in [3.8, 4) is 22.3 Å². The van der Waals surface area contributed by atoms with Crippen molar-refractivity contribution in [1.29, 1.82) is 0 Å². The first kappa shape index (κ1) is 53.4. The summed E-state index contributed by atoms with van der Waals surface area (Å²) in [4.78, 5) is 3.23. The first-order valence-corrected chi connectivity index (χ1v) is 23.3. The van der Waals surface area contributed by atoms with Crippen molar-refractivity contribution in [3.63, 3.8) is 0 Å². The molecule has 6 aromatic carbocycles. The summed E-state index contributed by atoms with van der Waals surface area (Å²) >= 11 is -1.56. The van der Waals surface area contributed by atoms with E-state index in [0.717, 1.165) is 0 Å². The first-order valence-electron chi connectivity index (χ1n) is 20.6. The zero-order chi connectivity index (χ0) is 51.0. The first-order chi connectivity index (χ1) is 31.8. The van der Waals surface area contributed by atoms with Gasteiger partial charge in [-0.15, -0.1) is 0 Å². The number of nitrogens with zero attached hydrogens (tertiary/aromatic N) is 3. The Morgan fingerprint density at radius 1 is 0.382 bits per heavy atom. The van der Waals surface area contributed by atoms with E-state index in [1.54, 1.807) is 0 Å². The number of halogens is 15. The topological polar surface area (TPSA) is 48.8 Å². The van der Waals surface area contributed by atoms with Crippen LogP contribution in [0.1, 0.15) is 101 Å². The smallest absolute Gasteiger partial charge is 0.204 e. The molecule has 0 aliphatic carbocycles. The van der Waals surface area contributed by atoms with E-state index in [9.17, 15) is 71.4 Å². The van der Waals surface area contributed by atoms with E-state index in [1.807, 2.05) is 0 Å². The third kappa shape index (κ3) is 9.69. The van der Waals surface area contributed by atoms with Crippen LogP contribution in [0.15, 0.2) is 57.9 Å². The molecule has 0 aliphatic heterocycles. The zero-order valence-corrected chi connectivity index (χ0v) is 39.9. The van der Waals surface area contributed by atoms with E-state index < -0.39 is 132 Å². The van der Waals surface area contributed by atoms with Crippen LogP contribution in [0.3, 0.4) is 0 Å². The van der Waals surface area contributed by atoms with Crippen molar-refractivity contribution in [2.75, 3.05) is 0 Å². The van der Waals surface area contributed by atoms with Crippen molar-refractivity contribution in [3.05, 3.63) is 175 Å². The average Bonchev–Trinajstić information content (AvgIpc) is 3.31. The van der Waals surface area contributed by atoms with Crippen LogP contribution >= 0.6 is 0 Å². The molecule has 6 aromatic rings. The molecule has 6 rings (SSSR count). The molecular weight excluding hydrogens is 1030 g/mol. The van der Waals surface area contributed by atoms with E-state index in [0.29, 0.717) is 23.7 Å². The molecule has 3 nitrogen and oxygen atoms in total. The van der Waals surface area contributed by atoms with Crippen molar-refractivity contribution in [1.82, 2.24) is 0 Å². The minimum atomic E-state index is -3.96. The fourth-order valence-electron chi connectivity index (χ4n) is 7.94. The second kappa shape index (κ2) is 21.4. The molecule has 20 heteroatoms. The molecule has 0 saturated heterocycles. The van der Waals surface area contributed by atoms with Gasteiger partial charge < -0.3 is 0 Å². The number of hydrogen-bond donors (Lipinski definition) is 0. The Bertz CT molecular complexity index is 2600. The second-order valence-electron chi connectivity index (χ2n) is 16.7. The predicted molar refractivity (Wildman–Crippen MR) is 232 cm³/mol. The molecule has 0 fully saturated rings. The molecule has 0 saturated carbocycles. The van der Waals surface area contributed by atoms with Crippen molar-refractivity contribution >= 4 is 48.1 Å². The Balaban J connectivity index is 0.000000254. The Morgan fingerprint density at radius 3 is 0.824 bits per heavy atom. The summed E-state index contributed by atoms with van der Waals surface area (Å²) in [6.45, 7) is 14.2. The maximum Gasteiger partial charge on any atom is 0.265 e. The van der Waals surface area contributed by atoms with Crippen LogP contribution in [0.25, 0.3) is 32.7 Å². The fraction of sp³-hybridized carbons (Fsp3) is 0.250. The molecule has 0 bridgehead atoms. The van der Waals surface area contributed by atoms with Gasteiger partial charge in [-0.1, -0.05) is 0 Å². The number of rotatable bonds is 11. The Morgan fingerprint density at radius 2 is 0.603 bits per heavy atom. The molecule has 0 atom stereocenters. The summed E-state index contributed by atoms with van der Waals surface area (Å²) in [6.07, 6.45) is 0. The van der Waals surface area contributed by atoms with Gasteiger partial charge in [-0.2, -0.15) is 0 Å². The van der Waals surface area contributed by atoms with Crippen LogP contribution in [0.4, 0.5) is 65.9 Å². The maximum absolute atomic E-state index is 14.4. The van der Waals surface area contributed by atoms with Crippen LogP contribution in [-0.2, 0) is 0 Å². The van der Waals surface area contributed by atoms with Crippen LogP contribution in [0.2, 0.25) is 0 Å². The summed E-state index contributed by atoms with van der Waals surface area (Å²) in [5, 5.41) is 0. The van der Waals surface area contributed by atoms with Gasteiger partial charge in [0, 0.05) is 16.4 Å². The zero-order valence-electron chi connectivity index (χ0n) is 37.1. The van der Waals surface area contributed by atoms with Gasteiger partial charge in [-0.3, -0.25) is 0 Å². The minimum absolute atomic E-state index is 0.407. The summed E-state index contributed by atoms with van der Waals surface area (Å²) in [6, 6.07) is 20.2. The van der Waals surface area contributed by atoms with Crippen molar-refractivity contribution in [2.24, 2.45) is 3.34 Å². The van der Waals surface area contributed by atoms with Gasteiger partial charge in [0.1, 0.15) is 0 Å². The standard InChI is InChI=1S/C30H37.C18BF15.N3.Sn/c1-19(2)25-14-10-15-26(20(3)4)29(25)23-12-9-13-24(18-23)30-27(21(5)6)16-11-17-28(30)22(7)8;20-4-1(5(21)11(27)16(32)10(4)26)19(2-6(22)12(28)17(33)13(29)7(2)23)3-8(24)14(30)18(34)15(31)9(3)25;1-3-2;/h9-17,19-22H,1-8H3;;;/q;;-1;+1. The summed E-state index contributed by atoms with van der Waals surface area (Å²) < 4.78 is 214. The van der Waals surface area contributed by atoms with E-state index >= 15 is 0 Å². The SMILES string of the molecule is CC(C)c1cccc(C(C)C)c1-c1cccc(-c2c(C(C)C)cccc2C(C)C)[c]1[Sn][N]=[N+]=[N-].Fc1c(F)c(F)c(B(c2c(F)c(F)c(F)c(F)c2F)c2c(F)c(F)c(F)c(F)c2F)c(F)c1F. The quantitative estimate of drug-likeness (QED) is 0.0236. The third-order valence-corrected chi connectivity index (χ3v) is 13.9. The van der Waals surface area contributed by atoms with Crippen molar-refractivity contribution < 1.29 is 65.9 Å². The monoisotopic (exact) mass is 1070 g/mol. The predicted octanol–water partition coefficient (Wildman–Crippen LogP) is 13.4. The molecule has 356 valence electrons. The molecule has 68 heavy (non-hydrogen) atoms.